The first-order valence-electron chi connectivity index (χ1n) is 9.73. The summed E-state index contributed by atoms with van der Waals surface area (Å²) >= 11 is 0. The molecule has 2 aromatic carbocycles. The summed E-state index contributed by atoms with van der Waals surface area (Å²) < 4.78 is 32.1. The molecule has 1 aliphatic heterocycles. The number of nitrogens with zero attached hydrogens (tertiary/aromatic N) is 1. The number of likely N-dealkylation sites (tertiary alicyclic amines) is 1. The number of piperidine rings is 1. The van der Waals surface area contributed by atoms with Gasteiger partial charge in [0, 0.05) is 12.1 Å². The molecule has 0 bridgehead atoms. The van der Waals surface area contributed by atoms with Gasteiger partial charge in [-0.05, 0) is 56.0 Å². The number of benzene rings is 2. The van der Waals surface area contributed by atoms with E-state index in [1.165, 1.54) is 6.07 Å². The SMILES string of the molecule is C[C@@H]1CCC[C@H](C)N1C(=O)COC(=O)CNS(=O)(=O)c1ccc2ccccc2c1. The van der Waals surface area contributed by atoms with E-state index in [4.69, 9.17) is 4.74 Å². The third-order valence-corrected chi connectivity index (χ3v) is 6.67. The van der Waals surface area contributed by atoms with Crippen LogP contribution in [0.15, 0.2) is 47.4 Å². The maximum Gasteiger partial charge on any atom is 0.321 e. The third kappa shape index (κ3) is 5.13. The second kappa shape index (κ2) is 8.92. The van der Waals surface area contributed by atoms with Crippen LogP contribution < -0.4 is 4.72 Å². The van der Waals surface area contributed by atoms with Gasteiger partial charge in [0.1, 0.15) is 6.54 Å². The Morgan fingerprint density at radius 3 is 2.41 bits per heavy atom. The zero-order valence-electron chi connectivity index (χ0n) is 16.6. The average molecular weight is 419 g/mol. The molecule has 156 valence electrons. The average Bonchev–Trinajstić information content (AvgIpc) is 2.70. The van der Waals surface area contributed by atoms with E-state index in [9.17, 15) is 18.0 Å². The molecule has 8 heteroatoms. The van der Waals surface area contributed by atoms with Crippen molar-refractivity contribution in [1.29, 1.82) is 0 Å². The predicted molar refractivity (Wildman–Crippen MR) is 110 cm³/mol. The fourth-order valence-electron chi connectivity index (χ4n) is 3.75. The zero-order valence-corrected chi connectivity index (χ0v) is 17.4. The predicted octanol–water partition coefficient (Wildman–Crippen LogP) is 2.45. The molecule has 0 aliphatic carbocycles. The highest BCUT2D eigenvalue weighted by Gasteiger charge is 2.29. The van der Waals surface area contributed by atoms with Crippen LogP contribution in [-0.4, -0.2) is 50.4 Å². The number of esters is 1. The molecule has 0 radical (unpaired) electrons. The van der Waals surface area contributed by atoms with Crippen molar-refractivity contribution in [2.45, 2.75) is 50.1 Å². The van der Waals surface area contributed by atoms with Gasteiger partial charge in [-0.3, -0.25) is 9.59 Å². The highest BCUT2D eigenvalue weighted by Crippen LogP contribution is 2.22. The number of sulfonamides is 1. The minimum absolute atomic E-state index is 0.0658. The molecule has 0 aromatic heterocycles. The lowest BCUT2D eigenvalue weighted by atomic mass is 9.97. The van der Waals surface area contributed by atoms with Crippen LogP contribution in [0.25, 0.3) is 10.8 Å². The molecule has 7 nitrogen and oxygen atoms in total. The summed E-state index contributed by atoms with van der Waals surface area (Å²) in [6.07, 6.45) is 2.92. The molecule has 1 heterocycles. The van der Waals surface area contributed by atoms with Crippen molar-refractivity contribution in [2.24, 2.45) is 0 Å². The standard InChI is InChI=1S/C21H26N2O5S/c1-15-6-5-7-16(2)23(15)20(24)14-28-21(25)13-22-29(26,27)19-11-10-17-8-3-4-9-18(17)12-19/h3-4,8-12,15-16,22H,5-7,13-14H2,1-2H3/t15-,16+. The minimum Gasteiger partial charge on any atom is -0.455 e. The van der Waals surface area contributed by atoms with Crippen molar-refractivity contribution in [1.82, 2.24) is 9.62 Å². The number of carbonyl (C=O) groups excluding carboxylic acids is 2. The Balaban J connectivity index is 1.54. The summed E-state index contributed by atoms with van der Waals surface area (Å²) in [5.74, 6) is -1.05. The Kier molecular flexibility index (Phi) is 6.54. The van der Waals surface area contributed by atoms with E-state index in [0.717, 1.165) is 30.0 Å². The van der Waals surface area contributed by atoms with Crippen molar-refractivity contribution in [2.75, 3.05) is 13.2 Å². The number of fused-ring (bicyclic) bond motifs is 1. The number of hydrogen-bond donors (Lipinski definition) is 1. The van der Waals surface area contributed by atoms with E-state index in [1.54, 1.807) is 17.0 Å². The summed E-state index contributed by atoms with van der Waals surface area (Å²) in [7, 11) is -3.87. The van der Waals surface area contributed by atoms with Crippen LogP contribution in [0, 0.1) is 0 Å². The van der Waals surface area contributed by atoms with Crippen molar-refractivity contribution in [3.8, 4) is 0 Å². The molecular formula is C21H26N2O5S. The molecule has 29 heavy (non-hydrogen) atoms. The van der Waals surface area contributed by atoms with E-state index >= 15 is 0 Å². The highest BCUT2D eigenvalue weighted by atomic mass is 32.2. The van der Waals surface area contributed by atoms with Crippen LogP contribution in [-0.2, 0) is 24.3 Å². The van der Waals surface area contributed by atoms with Crippen LogP contribution >= 0.6 is 0 Å². The van der Waals surface area contributed by atoms with Gasteiger partial charge >= 0.3 is 5.97 Å². The first kappa shape index (κ1) is 21.3. The highest BCUT2D eigenvalue weighted by molar-refractivity contribution is 7.89. The van der Waals surface area contributed by atoms with Crippen molar-refractivity contribution >= 4 is 32.7 Å². The summed E-state index contributed by atoms with van der Waals surface area (Å²) in [4.78, 5) is 26.2. The molecule has 3 rings (SSSR count). The van der Waals surface area contributed by atoms with Gasteiger partial charge in [0.15, 0.2) is 6.61 Å². The Labute approximate surface area is 171 Å². The molecule has 0 saturated carbocycles. The number of hydrogen-bond acceptors (Lipinski definition) is 5. The minimum atomic E-state index is -3.87. The largest absolute Gasteiger partial charge is 0.455 e. The maximum absolute atomic E-state index is 12.5. The maximum atomic E-state index is 12.5. The number of carbonyl (C=O) groups is 2. The van der Waals surface area contributed by atoms with Gasteiger partial charge in [-0.2, -0.15) is 4.72 Å². The fourth-order valence-corrected chi connectivity index (χ4v) is 4.76. The van der Waals surface area contributed by atoms with Crippen LogP contribution in [0.1, 0.15) is 33.1 Å². The molecule has 2 atom stereocenters. The van der Waals surface area contributed by atoms with Gasteiger partial charge in [-0.1, -0.05) is 30.3 Å². The van der Waals surface area contributed by atoms with Gasteiger partial charge in [0.05, 0.1) is 4.90 Å². The van der Waals surface area contributed by atoms with Gasteiger partial charge in [-0.25, -0.2) is 8.42 Å². The molecule has 0 unspecified atom stereocenters. The third-order valence-electron chi connectivity index (χ3n) is 5.28. The lowest BCUT2D eigenvalue weighted by Crippen LogP contribution is -2.49. The number of rotatable bonds is 6. The Hall–Kier alpha value is -2.45. The van der Waals surface area contributed by atoms with Gasteiger partial charge < -0.3 is 9.64 Å². The van der Waals surface area contributed by atoms with Crippen molar-refractivity contribution in [3.63, 3.8) is 0 Å². The van der Waals surface area contributed by atoms with E-state index in [0.29, 0.717) is 0 Å². The summed E-state index contributed by atoms with van der Waals surface area (Å²) in [5, 5.41) is 1.71. The molecule has 0 spiro atoms. The second-order valence-corrected chi connectivity index (χ2v) is 9.19. The van der Waals surface area contributed by atoms with Crippen molar-refractivity contribution in [3.05, 3.63) is 42.5 Å². The van der Waals surface area contributed by atoms with Gasteiger partial charge in [0.25, 0.3) is 5.91 Å². The smallest absolute Gasteiger partial charge is 0.321 e. The van der Waals surface area contributed by atoms with E-state index in [-0.39, 0.29) is 29.5 Å². The van der Waals surface area contributed by atoms with Crippen LogP contribution in [0.5, 0.6) is 0 Å². The second-order valence-electron chi connectivity index (χ2n) is 7.42. The molecule has 1 N–H and O–H groups in total. The summed E-state index contributed by atoms with van der Waals surface area (Å²) in [5.41, 5.74) is 0. The number of nitrogens with one attached hydrogen (secondary N) is 1. The quantitative estimate of drug-likeness (QED) is 0.728. The lowest BCUT2D eigenvalue weighted by Gasteiger charge is -2.38. The molecule has 1 aliphatic rings. The molecule has 1 fully saturated rings. The Morgan fingerprint density at radius 2 is 1.72 bits per heavy atom. The van der Waals surface area contributed by atoms with Gasteiger partial charge in [0.2, 0.25) is 10.0 Å². The van der Waals surface area contributed by atoms with Crippen LogP contribution in [0.3, 0.4) is 0 Å². The first-order chi connectivity index (χ1) is 13.8. The van der Waals surface area contributed by atoms with Crippen molar-refractivity contribution < 1.29 is 22.7 Å². The lowest BCUT2D eigenvalue weighted by molar-refractivity contribution is -0.154. The Bertz CT molecular complexity index is 995. The number of amides is 1. The normalized spacial score (nSPS) is 19.9. The topological polar surface area (TPSA) is 92.8 Å². The molecule has 1 saturated heterocycles. The van der Waals surface area contributed by atoms with Gasteiger partial charge in [-0.15, -0.1) is 0 Å². The number of ether oxygens (including phenoxy) is 1. The van der Waals surface area contributed by atoms with Crippen LogP contribution in [0.4, 0.5) is 0 Å². The van der Waals surface area contributed by atoms with E-state index in [2.05, 4.69) is 4.72 Å². The van der Waals surface area contributed by atoms with E-state index < -0.39 is 22.5 Å². The fraction of sp³-hybridized carbons (Fsp3) is 0.429. The van der Waals surface area contributed by atoms with E-state index in [1.807, 2.05) is 38.1 Å². The summed E-state index contributed by atoms with van der Waals surface area (Å²) in [6.45, 7) is 3.04. The monoisotopic (exact) mass is 418 g/mol. The Morgan fingerprint density at radius 1 is 1.07 bits per heavy atom. The zero-order chi connectivity index (χ0) is 21.0. The molecular weight excluding hydrogens is 392 g/mol. The summed E-state index contributed by atoms with van der Waals surface area (Å²) in [6, 6.07) is 12.4. The van der Waals surface area contributed by atoms with Crippen LogP contribution in [0.2, 0.25) is 0 Å². The molecule has 2 aromatic rings. The molecule has 1 amide bonds. The first-order valence-corrected chi connectivity index (χ1v) is 11.2.